The van der Waals surface area contributed by atoms with E-state index in [-0.39, 0.29) is 18.4 Å². The van der Waals surface area contributed by atoms with E-state index in [1.807, 2.05) is 71.0 Å². The Bertz CT molecular complexity index is 1130. The summed E-state index contributed by atoms with van der Waals surface area (Å²) in [5.74, 6) is -0.450. The number of benzene rings is 2. The number of hydrogen-bond acceptors (Lipinski definition) is 4. The third-order valence-corrected chi connectivity index (χ3v) is 6.71. The van der Waals surface area contributed by atoms with Crippen LogP contribution in [0.2, 0.25) is 0 Å². The molecule has 0 aromatic heterocycles. The van der Waals surface area contributed by atoms with Crippen LogP contribution in [0.3, 0.4) is 0 Å². The molecule has 0 saturated carbocycles. The van der Waals surface area contributed by atoms with Gasteiger partial charge in [0.1, 0.15) is 12.6 Å². The molecule has 1 N–H and O–H groups in total. The van der Waals surface area contributed by atoms with Crippen molar-refractivity contribution in [3.8, 4) is 0 Å². The second-order valence-corrected chi connectivity index (χ2v) is 11.3. The van der Waals surface area contributed by atoms with Gasteiger partial charge in [-0.1, -0.05) is 61.4 Å². The van der Waals surface area contributed by atoms with Crippen molar-refractivity contribution in [2.45, 2.75) is 54.1 Å². The Labute approximate surface area is 204 Å². The number of carbonyl (C=O) groups is 2. The lowest BCUT2D eigenvalue weighted by molar-refractivity contribution is -0.139. The van der Waals surface area contributed by atoms with Gasteiger partial charge in [-0.25, -0.2) is 8.42 Å². The summed E-state index contributed by atoms with van der Waals surface area (Å²) < 4.78 is 26.5. The maximum Gasteiger partial charge on any atom is 0.244 e. The van der Waals surface area contributed by atoms with Crippen molar-refractivity contribution in [3.05, 3.63) is 64.7 Å². The minimum absolute atomic E-state index is 0.196. The Morgan fingerprint density at radius 2 is 1.62 bits per heavy atom. The van der Waals surface area contributed by atoms with Crippen LogP contribution in [-0.2, 0) is 26.2 Å². The lowest BCUT2D eigenvalue weighted by atomic mass is 10.1. The number of sulfonamides is 1. The first-order valence-electron chi connectivity index (χ1n) is 11.5. The van der Waals surface area contributed by atoms with Gasteiger partial charge in [0.25, 0.3) is 0 Å². The van der Waals surface area contributed by atoms with Gasteiger partial charge in [-0.05, 0) is 50.8 Å². The summed E-state index contributed by atoms with van der Waals surface area (Å²) in [5.41, 5.74) is 4.11. The topological polar surface area (TPSA) is 86.8 Å². The summed E-state index contributed by atoms with van der Waals surface area (Å²) in [6.45, 7) is 11.7. The van der Waals surface area contributed by atoms with Gasteiger partial charge >= 0.3 is 0 Å². The fourth-order valence-electron chi connectivity index (χ4n) is 3.72. The van der Waals surface area contributed by atoms with Gasteiger partial charge in [0, 0.05) is 13.1 Å². The van der Waals surface area contributed by atoms with Crippen LogP contribution in [-0.4, -0.2) is 50.5 Å². The van der Waals surface area contributed by atoms with Crippen molar-refractivity contribution in [2.75, 3.05) is 23.7 Å². The highest BCUT2D eigenvalue weighted by atomic mass is 32.2. The van der Waals surface area contributed by atoms with Crippen LogP contribution in [0.5, 0.6) is 0 Å². The number of hydrogen-bond donors (Lipinski definition) is 1. The first kappa shape index (κ1) is 27.4. The van der Waals surface area contributed by atoms with Crippen molar-refractivity contribution >= 4 is 27.5 Å². The molecule has 0 saturated heterocycles. The van der Waals surface area contributed by atoms with E-state index in [1.165, 1.54) is 4.90 Å². The highest BCUT2D eigenvalue weighted by Crippen LogP contribution is 2.24. The molecular formula is C26H37N3O4S. The van der Waals surface area contributed by atoms with Crippen molar-refractivity contribution < 1.29 is 18.0 Å². The average molecular weight is 488 g/mol. The first-order valence-corrected chi connectivity index (χ1v) is 13.3. The predicted octanol–water partition coefficient (Wildman–Crippen LogP) is 3.57. The minimum Gasteiger partial charge on any atom is -0.354 e. The third-order valence-electron chi connectivity index (χ3n) is 5.59. The van der Waals surface area contributed by atoms with Crippen molar-refractivity contribution in [1.29, 1.82) is 0 Å². The quantitative estimate of drug-likeness (QED) is 0.555. The van der Waals surface area contributed by atoms with Crippen LogP contribution in [0.4, 0.5) is 5.69 Å². The van der Waals surface area contributed by atoms with E-state index in [2.05, 4.69) is 5.32 Å². The zero-order valence-corrected chi connectivity index (χ0v) is 22.1. The molecule has 0 heterocycles. The Hall–Kier alpha value is -2.87. The Morgan fingerprint density at radius 3 is 2.18 bits per heavy atom. The van der Waals surface area contributed by atoms with Crippen LogP contribution in [0.25, 0.3) is 0 Å². The second-order valence-electron chi connectivity index (χ2n) is 9.39. The number of nitrogens with zero attached hydrogens (tertiary/aromatic N) is 2. The number of anilines is 1. The fourth-order valence-corrected chi connectivity index (χ4v) is 4.63. The van der Waals surface area contributed by atoms with Crippen molar-refractivity contribution in [1.82, 2.24) is 10.2 Å². The second kappa shape index (κ2) is 11.5. The minimum atomic E-state index is -3.74. The molecule has 2 aromatic carbocycles. The van der Waals surface area contributed by atoms with E-state index in [0.717, 1.165) is 32.8 Å². The molecule has 2 amide bonds. The van der Waals surface area contributed by atoms with Gasteiger partial charge in [0.05, 0.1) is 11.9 Å². The van der Waals surface area contributed by atoms with Crippen LogP contribution >= 0.6 is 0 Å². The van der Waals surface area contributed by atoms with Crippen molar-refractivity contribution in [3.63, 3.8) is 0 Å². The Balaban J connectivity index is 2.40. The summed E-state index contributed by atoms with van der Waals surface area (Å²) in [7, 11) is -3.74. The molecule has 0 fully saturated rings. The molecule has 1 atom stereocenters. The molecule has 0 bridgehead atoms. The standard InChI is InChI=1S/C26H37N3O4S/c1-18(2)15-27-26(31)22(6)28(16-23-10-8-9-19(3)14-23)25(30)17-29(34(7,32)33)24-12-11-20(4)13-21(24)5/h8-14,18,22H,15-17H2,1-7H3,(H,27,31). The van der Waals surface area contributed by atoms with Gasteiger partial charge in [-0.15, -0.1) is 0 Å². The SMILES string of the molecule is Cc1cccc(CN(C(=O)CN(c2ccc(C)cc2C)S(C)(=O)=O)C(C)C(=O)NCC(C)C)c1. The van der Waals surface area contributed by atoms with Gasteiger partial charge in [-0.3, -0.25) is 13.9 Å². The molecule has 2 aromatic rings. The lowest BCUT2D eigenvalue weighted by Crippen LogP contribution is -2.51. The van der Waals surface area contributed by atoms with E-state index in [9.17, 15) is 18.0 Å². The zero-order valence-electron chi connectivity index (χ0n) is 21.3. The molecule has 0 aliphatic rings. The number of rotatable bonds is 10. The van der Waals surface area contributed by atoms with E-state index in [0.29, 0.717) is 12.2 Å². The van der Waals surface area contributed by atoms with Crippen LogP contribution in [0, 0.1) is 26.7 Å². The van der Waals surface area contributed by atoms with Gasteiger partial charge in [-0.2, -0.15) is 0 Å². The average Bonchev–Trinajstić information content (AvgIpc) is 2.73. The molecule has 1 unspecified atom stereocenters. The summed E-state index contributed by atoms with van der Waals surface area (Å²) in [4.78, 5) is 27.9. The molecular weight excluding hydrogens is 450 g/mol. The Kier molecular flexibility index (Phi) is 9.27. The number of amides is 2. The van der Waals surface area contributed by atoms with Gasteiger partial charge in [0.2, 0.25) is 21.8 Å². The molecule has 0 radical (unpaired) electrons. The molecule has 2 rings (SSSR count). The van der Waals surface area contributed by atoms with Crippen LogP contribution < -0.4 is 9.62 Å². The molecule has 7 nitrogen and oxygen atoms in total. The number of aryl methyl sites for hydroxylation is 3. The maximum atomic E-state index is 13.6. The summed E-state index contributed by atoms with van der Waals surface area (Å²) >= 11 is 0. The summed E-state index contributed by atoms with van der Waals surface area (Å²) in [6, 6.07) is 12.3. The predicted molar refractivity (Wildman–Crippen MR) is 137 cm³/mol. The normalized spacial score (nSPS) is 12.4. The van der Waals surface area contributed by atoms with E-state index < -0.39 is 28.5 Å². The van der Waals surface area contributed by atoms with E-state index in [1.54, 1.807) is 13.0 Å². The monoisotopic (exact) mass is 487 g/mol. The van der Waals surface area contributed by atoms with E-state index in [4.69, 9.17) is 0 Å². The van der Waals surface area contributed by atoms with Crippen molar-refractivity contribution in [2.24, 2.45) is 5.92 Å². The highest BCUT2D eigenvalue weighted by molar-refractivity contribution is 7.92. The largest absolute Gasteiger partial charge is 0.354 e. The Morgan fingerprint density at radius 1 is 0.971 bits per heavy atom. The van der Waals surface area contributed by atoms with Crippen LogP contribution in [0.1, 0.15) is 43.0 Å². The molecule has 34 heavy (non-hydrogen) atoms. The summed E-state index contributed by atoms with van der Waals surface area (Å²) in [6.07, 6.45) is 1.09. The van der Waals surface area contributed by atoms with Crippen LogP contribution in [0.15, 0.2) is 42.5 Å². The number of nitrogens with one attached hydrogen (secondary N) is 1. The van der Waals surface area contributed by atoms with Gasteiger partial charge < -0.3 is 10.2 Å². The first-order chi connectivity index (χ1) is 15.8. The third kappa shape index (κ3) is 7.58. The number of carbonyl (C=O) groups excluding carboxylic acids is 2. The highest BCUT2D eigenvalue weighted by Gasteiger charge is 2.30. The smallest absolute Gasteiger partial charge is 0.244 e. The molecule has 0 aliphatic heterocycles. The lowest BCUT2D eigenvalue weighted by Gasteiger charge is -2.32. The molecule has 186 valence electrons. The van der Waals surface area contributed by atoms with E-state index >= 15 is 0 Å². The molecule has 0 aliphatic carbocycles. The summed E-state index contributed by atoms with van der Waals surface area (Å²) in [5, 5.41) is 2.88. The maximum absolute atomic E-state index is 13.6. The van der Waals surface area contributed by atoms with Gasteiger partial charge in [0.15, 0.2) is 0 Å². The zero-order chi connectivity index (χ0) is 25.6. The fraction of sp³-hybridized carbons (Fsp3) is 0.462. The molecule has 8 heteroatoms. The molecule has 0 spiro atoms.